The molecule has 0 radical (unpaired) electrons. The molecule has 0 aromatic carbocycles. The zero-order valence-electron chi connectivity index (χ0n) is 36.0. The second kappa shape index (κ2) is 36.4. The maximum absolute atomic E-state index is 12.9. The summed E-state index contributed by atoms with van der Waals surface area (Å²) in [4.78, 5) is 25.6. The second-order valence-electron chi connectivity index (χ2n) is 16.6. The van der Waals surface area contributed by atoms with Crippen LogP contribution in [0.15, 0.2) is 0 Å². The Kier molecular flexibility index (Phi) is 35.5. The van der Waals surface area contributed by atoms with Crippen LogP contribution in [-0.2, 0) is 28.1 Å². The number of nitriles is 1. The molecule has 312 valence electrons. The molecule has 0 aliphatic carbocycles. The van der Waals surface area contributed by atoms with E-state index in [1.807, 2.05) is 0 Å². The largest absolute Gasteiger partial charge is 0.462 e. The van der Waals surface area contributed by atoms with E-state index >= 15 is 0 Å². The maximum atomic E-state index is 12.9. The van der Waals surface area contributed by atoms with Crippen LogP contribution in [0.2, 0.25) is 0 Å². The minimum absolute atomic E-state index is 0.0378. The molecule has 0 aromatic rings. The Bertz CT molecular complexity index is 886. The van der Waals surface area contributed by atoms with Crippen LogP contribution in [-0.4, -0.2) is 54.6 Å². The summed E-state index contributed by atoms with van der Waals surface area (Å²) in [6.07, 6.45) is 27.2. The number of rotatable bonds is 38. The van der Waals surface area contributed by atoms with Gasteiger partial charge in [-0.1, -0.05) is 156 Å². The van der Waals surface area contributed by atoms with Crippen molar-refractivity contribution < 1.29 is 28.1 Å². The second-order valence-corrected chi connectivity index (χ2v) is 18.0. The lowest BCUT2D eigenvalue weighted by molar-refractivity contribution is -0.161. The van der Waals surface area contributed by atoms with E-state index < -0.39 is 14.6 Å². The smallest absolute Gasteiger partial charge is 0.306 e. The average Bonchev–Trinajstić information content (AvgIpc) is 3.09. The average molecular weight is 769 g/mol. The lowest BCUT2D eigenvalue weighted by Crippen LogP contribution is -2.35. The number of hydrogen-bond donors (Lipinski definition) is 0. The van der Waals surface area contributed by atoms with Crippen LogP contribution in [0.3, 0.4) is 0 Å². The SMILES string of the molecule is CC(C)CCCCCCCCCCCCCC(=O)OC[C@@H](COP(OCCC#N)N(C(C)C)C(C)C)OC(=O)CCCCCCCCCCCC(C)C. The van der Waals surface area contributed by atoms with Gasteiger partial charge in [0.1, 0.15) is 6.61 Å². The van der Waals surface area contributed by atoms with Gasteiger partial charge in [0.05, 0.1) is 25.7 Å². The van der Waals surface area contributed by atoms with Crippen molar-refractivity contribution in [2.75, 3.05) is 19.8 Å². The normalized spacial score (nSPS) is 13.0. The Hall–Kier alpha value is -1.26. The summed E-state index contributed by atoms with van der Waals surface area (Å²) in [6.45, 7) is 17.8. The summed E-state index contributed by atoms with van der Waals surface area (Å²) in [5, 5.41) is 9.06. The molecule has 8 nitrogen and oxygen atoms in total. The van der Waals surface area contributed by atoms with E-state index in [0.717, 1.165) is 50.4 Å². The molecule has 0 spiro atoms. The molecule has 0 saturated heterocycles. The first-order valence-corrected chi connectivity index (χ1v) is 23.2. The zero-order chi connectivity index (χ0) is 39.5. The molecule has 0 aromatic heterocycles. The van der Waals surface area contributed by atoms with Crippen molar-refractivity contribution in [3.63, 3.8) is 0 Å². The number of esters is 2. The molecule has 0 fully saturated rings. The van der Waals surface area contributed by atoms with Crippen LogP contribution in [0.4, 0.5) is 0 Å². The predicted octanol–water partition coefficient (Wildman–Crippen LogP) is 13.4. The molecule has 0 aliphatic rings. The molecule has 0 heterocycles. The quantitative estimate of drug-likeness (QED) is 0.0348. The fraction of sp³-hybridized carbons (Fsp3) is 0.932. The zero-order valence-corrected chi connectivity index (χ0v) is 36.9. The summed E-state index contributed by atoms with van der Waals surface area (Å²) in [7, 11) is -1.50. The first kappa shape index (κ1) is 51.7. The van der Waals surface area contributed by atoms with E-state index in [0.29, 0.717) is 12.8 Å². The minimum atomic E-state index is -1.50. The van der Waals surface area contributed by atoms with Gasteiger partial charge >= 0.3 is 11.9 Å². The third-order valence-electron chi connectivity index (χ3n) is 9.59. The Balaban J connectivity index is 4.70. The lowest BCUT2D eigenvalue weighted by Gasteiger charge is -2.36. The van der Waals surface area contributed by atoms with Crippen LogP contribution in [0, 0.1) is 23.2 Å². The third-order valence-corrected chi connectivity index (χ3v) is 11.7. The minimum Gasteiger partial charge on any atom is -0.462 e. The molecular formula is C44H85N2O6P. The fourth-order valence-corrected chi connectivity index (χ4v) is 8.19. The molecule has 0 aliphatic heterocycles. The topological polar surface area (TPSA) is 98.1 Å². The summed E-state index contributed by atoms with van der Waals surface area (Å²) < 4.78 is 25.9. The highest BCUT2D eigenvalue weighted by Gasteiger charge is 2.29. The van der Waals surface area contributed by atoms with Crippen molar-refractivity contribution in [2.45, 2.75) is 234 Å². The van der Waals surface area contributed by atoms with Gasteiger partial charge in [0, 0.05) is 24.9 Å². The molecule has 0 N–H and O–H groups in total. The number of unbranched alkanes of at least 4 members (excludes halogenated alkanes) is 18. The first-order chi connectivity index (χ1) is 25.5. The van der Waals surface area contributed by atoms with Gasteiger partial charge in [0.15, 0.2) is 6.10 Å². The highest BCUT2D eigenvalue weighted by Crippen LogP contribution is 2.46. The van der Waals surface area contributed by atoms with Gasteiger partial charge < -0.3 is 18.5 Å². The van der Waals surface area contributed by atoms with E-state index in [2.05, 4.69) is 66.1 Å². The Labute approximate surface area is 329 Å². The van der Waals surface area contributed by atoms with Crippen molar-refractivity contribution in [1.29, 1.82) is 5.26 Å². The van der Waals surface area contributed by atoms with Crippen molar-refractivity contribution in [3.05, 3.63) is 0 Å². The molecule has 0 amide bonds. The van der Waals surface area contributed by atoms with E-state index in [1.165, 1.54) is 103 Å². The van der Waals surface area contributed by atoms with Crippen molar-refractivity contribution in [2.24, 2.45) is 11.8 Å². The number of carbonyl (C=O) groups is 2. The van der Waals surface area contributed by atoms with Crippen molar-refractivity contribution >= 4 is 20.5 Å². The van der Waals surface area contributed by atoms with Crippen LogP contribution in [0.25, 0.3) is 0 Å². The van der Waals surface area contributed by atoms with Gasteiger partial charge in [0.25, 0.3) is 8.53 Å². The third kappa shape index (κ3) is 33.8. The van der Waals surface area contributed by atoms with Crippen LogP contribution in [0.5, 0.6) is 0 Å². The summed E-state index contributed by atoms with van der Waals surface area (Å²) in [5.41, 5.74) is 0. The fourth-order valence-electron chi connectivity index (χ4n) is 6.55. The lowest BCUT2D eigenvalue weighted by atomic mass is 10.0. The number of nitrogens with zero attached hydrogens (tertiary/aromatic N) is 2. The number of hydrogen-bond acceptors (Lipinski definition) is 8. The van der Waals surface area contributed by atoms with Crippen LogP contribution < -0.4 is 0 Å². The monoisotopic (exact) mass is 769 g/mol. The van der Waals surface area contributed by atoms with Gasteiger partial charge in [0.2, 0.25) is 0 Å². The summed E-state index contributed by atoms with van der Waals surface area (Å²) in [6, 6.07) is 2.42. The summed E-state index contributed by atoms with van der Waals surface area (Å²) >= 11 is 0. The van der Waals surface area contributed by atoms with Gasteiger partial charge in [-0.05, 0) is 52.4 Å². The predicted molar refractivity (Wildman–Crippen MR) is 222 cm³/mol. The number of carbonyl (C=O) groups excluding carboxylic acids is 2. The molecular weight excluding hydrogens is 683 g/mol. The standard InChI is InChI=1S/C44H85N2O6P/c1-38(2)30-25-21-17-13-10-9-11-15-19-23-27-32-43(47)49-36-42(37-51-53(50-35-29-34-45)46(40(5)6)41(7)8)52-44(48)33-28-24-20-16-12-14-18-22-26-31-39(3)4/h38-42H,9-33,35-37H2,1-8H3/t42-,53?/m0/s1. The Morgan fingerprint density at radius 2 is 0.943 bits per heavy atom. The van der Waals surface area contributed by atoms with Crippen LogP contribution in [0.1, 0.15) is 216 Å². The van der Waals surface area contributed by atoms with Gasteiger partial charge in [-0.25, -0.2) is 4.67 Å². The maximum Gasteiger partial charge on any atom is 0.306 e. The van der Waals surface area contributed by atoms with E-state index in [1.54, 1.807) is 0 Å². The first-order valence-electron chi connectivity index (χ1n) is 22.0. The Morgan fingerprint density at radius 1 is 0.547 bits per heavy atom. The highest BCUT2D eigenvalue weighted by molar-refractivity contribution is 7.44. The molecule has 0 rings (SSSR count). The van der Waals surface area contributed by atoms with E-state index in [-0.39, 0.29) is 50.3 Å². The van der Waals surface area contributed by atoms with Crippen molar-refractivity contribution in [3.8, 4) is 6.07 Å². The molecule has 0 saturated carbocycles. The van der Waals surface area contributed by atoms with Gasteiger partial charge in [-0.3, -0.25) is 9.59 Å². The molecule has 2 atom stereocenters. The van der Waals surface area contributed by atoms with Crippen LogP contribution >= 0.6 is 8.53 Å². The molecule has 1 unspecified atom stereocenters. The highest BCUT2D eigenvalue weighted by atomic mass is 31.2. The molecule has 0 bridgehead atoms. The molecule has 9 heteroatoms. The molecule has 53 heavy (non-hydrogen) atoms. The Morgan fingerprint density at radius 3 is 1.34 bits per heavy atom. The summed E-state index contributed by atoms with van der Waals surface area (Å²) in [5.74, 6) is 1.07. The van der Waals surface area contributed by atoms with E-state index in [4.69, 9.17) is 23.8 Å². The van der Waals surface area contributed by atoms with Crippen molar-refractivity contribution in [1.82, 2.24) is 4.67 Å². The van der Waals surface area contributed by atoms with E-state index in [9.17, 15) is 9.59 Å². The van der Waals surface area contributed by atoms with Gasteiger partial charge in [-0.2, -0.15) is 5.26 Å². The van der Waals surface area contributed by atoms with Gasteiger partial charge in [-0.15, -0.1) is 0 Å². The number of ether oxygens (including phenoxy) is 2.